The van der Waals surface area contributed by atoms with Crippen LogP contribution in [0.1, 0.15) is 49.1 Å². The van der Waals surface area contributed by atoms with Gasteiger partial charge in [0.25, 0.3) is 11.7 Å². The van der Waals surface area contributed by atoms with Crippen LogP contribution in [0.25, 0.3) is 5.76 Å². The molecule has 0 spiro atoms. The highest BCUT2D eigenvalue weighted by molar-refractivity contribution is 6.52. The Bertz CT molecular complexity index is 1340. The largest absolute Gasteiger partial charge is 0.507 e. The fourth-order valence-corrected chi connectivity index (χ4v) is 4.47. The van der Waals surface area contributed by atoms with Crippen molar-refractivity contribution < 1.29 is 19.4 Å². The Morgan fingerprint density at radius 1 is 1.11 bits per heavy atom. The van der Waals surface area contributed by atoms with Crippen molar-refractivity contribution in [3.8, 4) is 5.75 Å². The van der Waals surface area contributed by atoms with Gasteiger partial charge in [0.05, 0.1) is 24.3 Å². The average molecular weight is 491 g/mol. The molecule has 2 heterocycles. The first kappa shape index (κ1) is 24.5. The van der Waals surface area contributed by atoms with Gasteiger partial charge >= 0.3 is 0 Å². The van der Waals surface area contributed by atoms with Crippen LogP contribution in [0.2, 0.25) is 5.02 Å². The first-order valence-electron chi connectivity index (χ1n) is 11.2. The number of carbonyl (C=O) groups is 2. The quantitative estimate of drug-likeness (QED) is 0.276. The highest BCUT2D eigenvalue weighted by Crippen LogP contribution is 2.45. The van der Waals surface area contributed by atoms with Crippen LogP contribution >= 0.6 is 11.6 Å². The molecule has 1 fully saturated rings. The Kier molecular flexibility index (Phi) is 6.43. The van der Waals surface area contributed by atoms with Crippen molar-refractivity contribution in [2.24, 2.45) is 0 Å². The second-order valence-electron chi connectivity index (χ2n) is 9.50. The van der Waals surface area contributed by atoms with E-state index in [4.69, 9.17) is 16.3 Å². The number of Topliss-reactive ketones (excluding diaryl/α,β-unsaturated/α-hetero) is 1. The van der Waals surface area contributed by atoms with E-state index in [-0.39, 0.29) is 16.7 Å². The standard InChI is InChI=1S/C28H27ClN2O4/c1-16-20(29)9-6-10-21(16)31-24(17-8-7-13-30-15-17)23(26(33)27(31)34)25(32)19-14-18(28(2,3)4)11-12-22(19)35-5/h6-15,24,32H,1-5H3/b25-23+. The lowest BCUT2D eigenvalue weighted by Crippen LogP contribution is -2.30. The van der Waals surface area contributed by atoms with Gasteiger partial charge in [0.1, 0.15) is 11.5 Å². The Morgan fingerprint density at radius 3 is 2.49 bits per heavy atom. The minimum Gasteiger partial charge on any atom is -0.507 e. The fraction of sp³-hybridized carbons (Fsp3) is 0.250. The van der Waals surface area contributed by atoms with Crippen LogP contribution in [-0.2, 0) is 15.0 Å². The molecule has 6 nitrogen and oxygen atoms in total. The number of amides is 1. The molecule has 0 saturated carbocycles. The smallest absolute Gasteiger partial charge is 0.300 e. The van der Waals surface area contributed by atoms with E-state index in [2.05, 4.69) is 25.8 Å². The van der Waals surface area contributed by atoms with E-state index in [0.29, 0.717) is 33.1 Å². The highest BCUT2D eigenvalue weighted by atomic mass is 35.5. The minimum absolute atomic E-state index is 0.0354. The van der Waals surface area contributed by atoms with E-state index in [1.165, 1.54) is 12.0 Å². The summed E-state index contributed by atoms with van der Waals surface area (Å²) in [6.45, 7) is 7.94. The molecule has 180 valence electrons. The summed E-state index contributed by atoms with van der Waals surface area (Å²) in [6, 6.07) is 13.2. The summed E-state index contributed by atoms with van der Waals surface area (Å²) >= 11 is 6.35. The molecule has 1 unspecified atom stereocenters. The predicted molar refractivity (Wildman–Crippen MR) is 137 cm³/mol. The molecule has 0 radical (unpaired) electrons. The summed E-state index contributed by atoms with van der Waals surface area (Å²) in [4.78, 5) is 32.4. The monoisotopic (exact) mass is 490 g/mol. The molecule has 0 bridgehead atoms. The molecule has 1 aliphatic rings. The number of aliphatic hydroxyl groups is 1. The summed E-state index contributed by atoms with van der Waals surface area (Å²) < 4.78 is 5.51. The Hall–Kier alpha value is -3.64. The van der Waals surface area contributed by atoms with Crippen molar-refractivity contribution in [1.82, 2.24) is 4.98 Å². The van der Waals surface area contributed by atoms with Crippen molar-refractivity contribution in [3.63, 3.8) is 0 Å². The third kappa shape index (κ3) is 4.30. The Labute approximate surface area is 209 Å². The molecule has 1 N–H and O–H groups in total. The summed E-state index contributed by atoms with van der Waals surface area (Å²) in [6.07, 6.45) is 3.19. The molecule has 2 aromatic carbocycles. The van der Waals surface area contributed by atoms with Crippen molar-refractivity contribution >= 4 is 34.7 Å². The number of pyridine rings is 1. The van der Waals surface area contributed by atoms with Crippen LogP contribution in [0, 0.1) is 6.92 Å². The number of methoxy groups -OCH3 is 1. The fourth-order valence-electron chi connectivity index (χ4n) is 4.30. The lowest BCUT2D eigenvalue weighted by molar-refractivity contribution is -0.132. The first-order chi connectivity index (χ1) is 16.6. The molecule has 1 atom stereocenters. The zero-order valence-corrected chi connectivity index (χ0v) is 21.1. The number of aromatic nitrogens is 1. The van der Waals surface area contributed by atoms with E-state index in [9.17, 15) is 14.7 Å². The summed E-state index contributed by atoms with van der Waals surface area (Å²) in [7, 11) is 1.50. The van der Waals surface area contributed by atoms with Crippen LogP contribution in [0.4, 0.5) is 5.69 Å². The predicted octanol–water partition coefficient (Wildman–Crippen LogP) is 5.98. The third-order valence-electron chi connectivity index (χ3n) is 6.26. The molecule has 1 saturated heterocycles. The summed E-state index contributed by atoms with van der Waals surface area (Å²) in [5.41, 5.74) is 2.76. The lowest BCUT2D eigenvalue weighted by Gasteiger charge is -2.27. The van der Waals surface area contributed by atoms with Gasteiger partial charge in [0.15, 0.2) is 0 Å². The molecule has 7 heteroatoms. The number of benzene rings is 2. The topological polar surface area (TPSA) is 79.7 Å². The zero-order valence-electron chi connectivity index (χ0n) is 20.3. The number of anilines is 1. The Morgan fingerprint density at radius 2 is 1.86 bits per heavy atom. The number of rotatable bonds is 4. The van der Waals surface area contributed by atoms with Crippen LogP contribution in [0.5, 0.6) is 5.75 Å². The molecule has 1 aliphatic heterocycles. The molecule has 35 heavy (non-hydrogen) atoms. The van der Waals surface area contributed by atoms with Crippen LogP contribution < -0.4 is 9.64 Å². The van der Waals surface area contributed by atoms with Crippen LogP contribution in [0.3, 0.4) is 0 Å². The lowest BCUT2D eigenvalue weighted by atomic mass is 9.85. The second kappa shape index (κ2) is 9.19. The number of nitrogens with zero attached hydrogens (tertiary/aromatic N) is 2. The SMILES string of the molecule is COc1ccc(C(C)(C)C)cc1/C(O)=C1\C(=O)C(=O)N(c2cccc(Cl)c2C)C1c1cccnc1. The van der Waals surface area contributed by atoms with Crippen molar-refractivity contribution in [1.29, 1.82) is 0 Å². The summed E-state index contributed by atoms with van der Waals surface area (Å²) in [5.74, 6) is -1.46. The van der Waals surface area contributed by atoms with Gasteiger partial charge in [-0.15, -0.1) is 0 Å². The summed E-state index contributed by atoms with van der Waals surface area (Å²) in [5, 5.41) is 12.1. The third-order valence-corrected chi connectivity index (χ3v) is 6.67. The molecular weight excluding hydrogens is 464 g/mol. The van der Waals surface area contributed by atoms with E-state index in [0.717, 1.165) is 5.56 Å². The molecule has 3 aromatic rings. The van der Waals surface area contributed by atoms with Crippen LogP contribution in [0.15, 0.2) is 66.5 Å². The minimum atomic E-state index is -0.899. The maximum atomic E-state index is 13.5. The maximum Gasteiger partial charge on any atom is 0.300 e. The molecule has 0 aliphatic carbocycles. The Balaban J connectivity index is 2.02. The molecule has 1 aromatic heterocycles. The zero-order chi connectivity index (χ0) is 25.5. The van der Waals surface area contributed by atoms with Gasteiger partial charge in [0.2, 0.25) is 0 Å². The first-order valence-corrected chi connectivity index (χ1v) is 11.6. The number of hydrogen-bond acceptors (Lipinski definition) is 5. The van der Waals surface area contributed by atoms with E-state index < -0.39 is 17.7 Å². The van der Waals surface area contributed by atoms with E-state index >= 15 is 0 Å². The van der Waals surface area contributed by atoms with Gasteiger partial charge in [-0.1, -0.05) is 50.6 Å². The van der Waals surface area contributed by atoms with E-state index in [1.54, 1.807) is 61.8 Å². The normalized spacial score (nSPS) is 17.7. The van der Waals surface area contributed by atoms with Gasteiger partial charge in [-0.05, 0) is 59.4 Å². The van der Waals surface area contributed by atoms with Crippen LogP contribution in [-0.4, -0.2) is 28.9 Å². The molecular formula is C28H27ClN2O4. The molecule has 4 rings (SSSR count). The molecule has 1 amide bonds. The van der Waals surface area contributed by atoms with Crippen molar-refractivity contribution in [3.05, 3.63) is 93.8 Å². The van der Waals surface area contributed by atoms with E-state index in [1.807, 2.05) is 6.07 Å². The second-order valence-corrected chi connectivity index (χ2v) is 9.91. The average Bonchev–Trinajstić information content (AvgIpc) is 3.10. The number of carbonyl (C=O) groups excluding carboxylic acids is 2. The van der Waals surface area contributed by atoms with Gasteiger partial charge in [0, 0.05) is 23.1 Å². The van der Waals surface area contributed by atoms with Gasteiger partial charge in [-0.25, -0.2) is 0 Å². The number of aliphatic hydroxyl groups excluding tert-OH is 1. The number of hydrogen-bond donors (Lipinski definition) is 1. The van der Waals surface area contributed by atoms with Crippen molar-refractivity contribution in [2.45, 2.75) is 39.2 Å². The maximum absolute atomic E-state index is 13.5. The number of halogens is 1. The van der Waals surface area contributed by atoms with Gasteiger partial charge in [-0.3, -0.25) is 19.5 Å². The number of ketones is 1. The van der Waals surface area contributed by atoms with Gasteiger partial charge in [-0.2, -0.15) is 0 Å². The highest BCUT2D eigenvalue weighted by Gasteiger charge is 2.47. The van der Waals surface area contributed by atoms with Crippen molar-refractivity contribution in [2.75, 3.05) is 12.0 Å². The van der Waals surface area contributed by atoms with Gasteiger partial charge < -0.3 is 9.84 Å². The number of ether oxygens (including phenoxy) is 1.